The molecular formula is C56H54N8O15. The number of carboxylic acids is 3. The van der Waals surface area contributed by atoms with Crippen LogP contribution in [0.15, 0.2) is 72.8 Å². The topological polar surface area (TPSA) is 338 Å². The van der Waals surface area contributed by atoms with Crippen LogP contribution < -0.4 is 0 Å². The number of nitrogens with zero attached hydrogens (tertiary/aromatic N) is 6. The van der Waals surface area contributed by atoms with Crippen molar-refractivity contribution in [3.8, 4) is 45.6 Å². The average molecular weight is 1080 g/mol. The lowest BCUT2D eigenvalue weighted by Crippen LogP contribution is -2.22. The highest BCUT2D eigenvalue weighted by atomic mass is 16.6. The second-order valence-corrected chi connectivity index (χ2v) is 18.5. The van der Waals surface area contributed by atoms with Gasteiger partial charge in [-0.3, -0.25) is 9.59 Å². The van der Waals surface area contributed by atoms with E-state index in [0.29, 0.717) is 75.9 Å². The van der Waals surface area contributed by atoms with Crippen molar-refractivity contribution in [1.82, 2.24) is 39.9 Å². The molecule has 3 aromatic heterocycles. The zero-order chi connectivity index (χ0) is 55.7. The maximum atomic E-state index is 13.6. The minimum atomic E-state index is -1.20. The summed E-state index contributed by atoms with van der Waals surface area (Å²) in [4.78, 5) is 111. The molecule has 0 saturated heterocycles. The Balaban J connectivity index is 0.964. The molecule has 7 aromatic rings. The van der Waals surface area contributed by atoms with E-state index in [1.54, 1.807) is 30.3 Å². The molecule has 2 aliphatic rings. The van der Waals surface area contributed by atoms with Crippen LogP contribution in [0.5, 0.6) is 0 Å². The number of carboxylic acid groups (broad SMARTS) is 3. The largest absolute Gasteiger partial charge is 0.478 e. The van der Waals surface area contributed by atoms with Crippen molar-refractivity contribution in [1.29, 1.82) is 0 Å². The second-order valence-electron chi connectivity index (χ2n) is 18.5. The van der Waals surface area contributed by atoms with Crippen LogP contribution in [0.2, 0.25) is 0 Å². The van der Waals surface area contributed by atoms with Crippen molar-refractivity contribution in [2.24, 2.45) is 11.8 Å². The lowest BCUT2D eigenvalue weighted by atomic mass is 9.92. The van der Waals surface area contributed by atoms with Gasteiger partial charge in [0.25, 0.3) is 0 Å². The summed E-state index contributed by atoms with van der Waals surface area (Å²) in [6, 6.07) is 17.8. The van der Waals surface area contributed by atoms with E-state index in [1.807, 2.05) is 13.8 Å². The highest BCUT2D eigenvalue weighted by Gasteiger charge is 2.26. The summed E-state index contributed by atoms with van der Waals surface area (Å²) in [6.45, 7) is 4.14. The molecule has 4 aromatic carbocycles. The third-order valence-corrected chi connectivity index (χ3v) is 13.3. The van der Waals surface area contributed by atoms with Crippen LogP contribution in [-0.2, 0) is 33.3 Å². The molecule has 5 heterocycles. The third-order valence-electron chi connectivity index (χ3n) is 13.3. The quantitative estimate of drug-likeness (QED) is 0.0190. The Morgan fingerprint density at radius 1 is 0.456 bits per heavy atom. The number of nitrogens with one attached hydrogen (secondary N) is 2. The summed E-state index contributed by atoms with van der Waals surface area (Å²) in [5.74, 6) is -5.24. The number of ether oxygens (including phenoxy) is 5. The minimum Gasteiger partial charge on any atom is -0.478 e. The van der Waals surface area contributed by atoms with E-state index in [1.165, 1.54) is 42.5 Å². The number of carbonyl (C=O) groups excluding carboxylic acids is 3. The van der Waals surface area contributed by atoms with E-state index in [4.69, 9.17) is 58.7 Å². The van der Waals surface area contributed by atoms with Gasteiger partial charge in [0.2, 0.25) is 0 Å². The van der Waals surface area contributed by atoms with Crippen LogP contribution in [0.4, 0.5) is 0 Å². The van der Waals surface area contributed by atoms with Crippen LogP contribution in [-0.4, -0.2) is 149 Å². The standard InChI is InChI=1S/C56H54N8O15/c1-3-6-30(8-5-7-29(4-2)54(72)77-22-19-75-18-17-65)55(73)78-23-20-76-21-24-79-56(74)34-12-16-38-42(28-34)50-63-45-37-15-11-33(53(70)71)27-41(37)48(61-45)59-43-35-13-9-31(51(66)67)25-39(35)47(57-43)58-44-36-14-10-32(52(68)69)26-40(36)49(60-44)62-46(38)64-50/h9-16,25-30,65H,3-8,17-24H2,1-2H3,(H,66,67)(H,68,69)(H,70,71)(H2,57,58,59,60,61,62,63,64). The second kappa shape index (κ2) is 24.5. The fourth-order valence-corrected chi connectivity index (χ4v) is 9.33. The van der Waals surface area contributed by atoms with Crippen LogP contribution in [0.3, 0.4) is 0 Å². The van der Waals surface area contributed by atoms with E-state index in [0.717, 1.165) is 6.42 Å². The summed E-state index contributed by atoms with van der Waals surface area (Å²) in [6.07, 6.45) is 3.71. The number of hydrogen-bond donors (Lipinski definition) is 6. The molecule has 2 atom stereocenters. The van der Waals surface area contributed by atoms with Gasteiger partial charge in [-0.1, -0.05) is 26.7 Å². The smallest absolute Gasteiger partial charge is 0.338 e. The Bertz CT molecular complexity index is 3690. The van der Waals surface area contributed by atoms with Gasteiger partial charge in [0.05, 0.1) is 67.1 Å². The van der Waals surface area contributed by atoms with Gasteiger partial charge in [-0.15, -0.1) is 0 Å². The van der Waals surface area contributed by atoms with Gasteiger partial charge >= 0.3 is 35.8 Å². The highest BCUT2D eigenvalue weighted by Crippen LogP contribution is 2.38. The van der Waals surface area contributed by atoms with Crippen molar-refractivity contribution >= 4 is 79.9 Å². The molecule has 408 valence electrons. The van der Waals surface area contributed by atoms with Crippen LogP contribution >= 0.6 is 0 Å². The monoisotopic (exact) mass is 1080 g/mol. The Labute approximate surface area is 449 Å². The normalized spacial score (nSPS) is 12.4. The molecule has 9 rings (SSSR count). The predicted octanol–water partition coefficient (Wildman–Crippen LogP) is 7.85. The molecule has 0 fully saturated rings. The highest BCUT2D eigenvalue weighted by molar-refractivity contribution is 6.09. The van der Waals surface area contributed by atoms with Crippen LogP contribution in [0.1, 0.15) is 93.8 Å². The molecule has 0 aliphatic carbocycles. The number of hydrogen-bond acceptors (Lipinski definition) is 18. The first kappa shape index (κ1) is 54.7. The molecule has 2 unspecified atom stereocenters. The molecule has 0 radical (unpaired) electrons. The number of aromatic amines is 2. The van der Waals surface area contributed by atoms with Crippen LogP contribution in [0.25, 0.3) is 89.7 Å². The Morgan fingerprint density at radius 2 is 0.873 bits per heavy atom. The van der Waals surface area contributed by atoms with Crippen molar-refractivity contribution in [3.63, 3.8) is 0 Å². The predicted molar refractivity (Wildman–Crippen MR) is 284 cm³/mol. The number of aromatic nitrogens is 8. The van der Waals surface area contributed by atoms with Gasteiger partial charge in [-0.05, 0) is 98.5 Å². The van der Waals surface area contributed by atoms with E-state index >= 15 is 0 Å². The average Bonchev–Trinajstić information content (AvgIpc) is 4.38. The number of fused-ring (bicyclic) bond motifs is 20. The molecule has 2 aliphatic heterocycles. The van der Waals surface area contributed by atoms with Crippen molar-refractivity contribution in [3.05, 3.63) is 95.1 Å². The van der Waals surface area contributed by atoms with Gasteiger partial charge < -0.3 is 54.1 Å². The summed E-state index contributed by atoms with van der Waals surface area (Å²) in [5, 5.41) is 40.4. The summed E-state index contributed by atoms with van der Waals surface area (Å²) in [5.41, 5.74) is 2.22. The number of esters is 3. The molecule has 79 heavy (non-hydrogen) atoms. The van der Waals surface area contributed by atoms with E-state index in [2.05, 4.69) is 9.97 Å². The zero-order valence-corrected chi connectivity index (χ0v) is 42.9. The van der Waals surface area contributed by atoms with Gasteiger partial charge in [0.15, 0.2) is 23.3 Å². The fraction of sp³-hybridized carbons (Fsp3) is 0.321. The number of carbonyl (C=O) groups is 6. The maximum absolute atomic E-state index is 13.6. The van der Waals surface area contributed by atoms with Crippen molar-refractivity contribution < 1.29 is 72.9 Å². The lowest BCUT2D eigenvalue weighted by Gasteiger charge is -2.18. The van der Waals surface area contributed by atoms with Gasteiger partial charge in [-0.25, -0.2) is 49.1 Å². The molecule has 0 saturated carbocycles. The maximum Gasteiger partial charge on any atom is 0.338 e. The number of rotatable bonds is 24. The third kappa shape index (κ3) is 12.2. The number of aliphatic hydroxyl groups excluding tert-OH is 1. The molecule has 23 nitrogen and oxygen atoms in total. The number of aliphatic hydroxyl groups is 1. The van der Waals surface area contributed by atoms with Crippen molar-refractivity contribution in [2.45, 2.75) is 52.4 Å². The van der Waals surface area contributed by atoms with E-state index < -0.39 is 23.9 Å². The van der Waals surface area contributed by atoms with Gasteiger partial charge in [-0.2, -0.15) is 0 Å². The first-order valence-electron chi connectivity index (χ1n) is 25.6. The Hall–Kier alpha value is -9.06. The zero-order valence-electron chi connectivity index (χ0n) is 42.9. The minimum absolute atomic E-state index is 0.00614. The summed E-state index contributed by atoms with van der Waals surface area (Å²) in [7, 11) is 0. The molecule has 8 bridgehead atoms. The number of aromatic carboxylic acids is 3. The van der Waals surface area contributed by atoms with E-state index in [-0.39, 0.29) is 145 Å². The molecular weight excluding hydrogens is 1020 g/mol. The first-order chi connectivity index (χ1) is 38.2. The Kier molecular flexibility index (Phi) is 17.0. The summed E-state index contributed by atoms with van der Waals surface area (Å²) >= 11 is 0. The first-order valence-corrected chi connectivity index (χ1v) is 25.6. The molecule has 6 N–H and O–H groups in total. The lowest BCUT2D eigenvalue weighted by molar-refractivity contribution is -0.150. The summed E-state index contributed by atoms with van der Waals surface area (Å²) < 4.78 is 27.2. The Morgan fingerprint density at radius 3 is 1.37 bits per heavy atom. The molecule has 0 amide bonds. The molecule has 23 heteroatoms. The number of H-pyrrole nitrogens is 2. The van der Waals surface area contributed by atoms with Crippen LogP contribution in [0, 0.1) is 11.8 Å². The fourth-order valence-electron chi connectivity index (χ4n) is 9.33. The van der Waals surface area contributed by atoms with Crippen molar-refractivity contribution in [2.75, 3.05) is 52.9 Å². The van der Waals surface area contributed by atoms with E-state index in [9.17, 15) is 44.1 Å². The SMILES string of the molecule is CCCC(CCCC(CC)C(=O)OCCOCCO)C(=O)OCCOCCOC(=O)c1ccc2c3nc4nc(nc5[nH]c(nc6nc(nc([nH]3)c2c1)-c1ccc(C(=O)O)cc1-6)c1ccc(C(=O)O)cc51)-c1ccc(C(=O)O)cc1-4. The molecule has 0 spiro atoms. The van der Waals surface area contributed by atoms with Gasteiger partial charge in [0, 0.05) is 43.8 Å². The van der Waals surface area contributed by atoms with Gasteiger partial charge in [0.1, 0.15) is 42.4 Å². The number of benzene rings is 4.